The summed E-state index contributed by atoms with van der Waals surface area (Å²) in [7, 11) is 1.21. The average molecular weight is 276 g/mol. The summed E-state index contributed by atoms with van der Waals surface area (Å²) in [5, 5.41) is 2.47. The summed E-state index contributed by atoms with van der Waals surface area (Å²) >= 11 is 0. The van der Waals surface area contributed by atoms with Gasteiger partial charge in [0.15, 0.2) is 0 Å². The third kappa shape index (κ3) is 8.87. The number of hydrogen-bond acceptors (Lipinski definition) is 5. The highest BCUT2D eigenvalue weighted by Gasteiger charge is 2.17. The highest BCUT2D eigenvalue weighted by atomic mass is 16.6. The Bertz CT molecular complexity index is 354. The first-order chi connectivity index (χ1) is 9.19. The van der Waals surface area contributed by atoms with Crippen LogP contribution in [0.1, 0.15) is 29.0 Å². The van der Waals surface area contributed by atoms with E-state index in [1.807, 2.05) is 0 Å². The number of hydrogen-bond donors (Lipinski definition) is 1. The van der Waals surface area contributed by atoms with Crippen molar-refractivity contribution < 1.29 is 25.2 Å². The van der Waals surface area contributed by atoms with Gasteiger partial charge in [-0.3, -0.25) is 9.59 Å². The van der Waals surface area contributed by atoms with Crippen LogP contribution >= 0.6 is 0 Å². The van der Waals surface area contributed by atoms with Gasteiger partial charge in [0.2, 0.25) is 5.91 Å². The zero-order chi connectivity index (χ0) is 15.8. The van der Waals surface area contributed by atoms with Crippen molar-refractivity contribution in [2.45, 2.75) is 33.3 Å². The van der Waals surface area contributed by atoms with Crippen LogP contribution in [0.15, 0.2) is 0 Å². The smallest absolute Gasteiger partial charge is 0.407 e. The Morgan fingerprint density at radius 1 is 1.32 bits per heavy atom. The Hall–Kier alpha value is -1.79. The van der Waals surface area contributed by atoms with Crippen molar-refractivity contribution in [1.82, 2.24) is 10.2 Å². The standard InChI is InChI=1S/C12H22N2O5/c1-9(15)14(8-10(16)18-5)7-6-13-11(17)19-12(2,3)4/h6-8H2,1-5H3,(H,13,17)/i1T. The predicted octanol–water partition coefficient (Wildman–Crippen LogP) is 0.533. The summed E-state index contributed by atoms with van der Waals surface area (Å²) < 4.78 is 16.5. The van der Waals surface area contributed by atoms with Crippen LogP contribution in [0.5, 0.6) is 0 Å². The van der Waals surface area contributed by atoms with Crippen LogP contribution in [0.2, 0.25) is 0 Å². The SMILES string of the molecule is [3H]CC(=O)N(CCNC(=O)OC(C)(C)C)CC(=O)OC. The van der Waals surface area contributed by atoms with Crippen molar-refractivity contribution in [1.29, 1.82) is 0 Å². The lowest BCUT2D eigenvalue weighted by Gasteiger charge is -2.22. The van der Waals surface area contributed by atoms with E-state index in [1.165, 1.54) is 7.11 Å². The third-order valence-electron chi connectivity index (χ3n) is 1.95. The van der Waals surface area contributed by atoms with Crippen LogP contribution in [0, 0.1) is 0 Å². The Balaban J connectivity index is 4.23. The largest absolute Gasteiger partial charge is 0.468 e. The summed E-state index contributed by atoms with van der Waals surface area (Å²) in [6.07, 6.45) is -0.603. The normalized spacial score (nSPS) is 11.3. The van der Waals surface area contributed by atoms with Crippen molar-refractivity contribution in [3.05, 3.63) is 0 Å². The fourth-order valence-electron chi connectivity index (χ4n) is 1.12. The van der Waals surface area contributed by atoms with E-state index in [2.05, 4.69) is 10.1 Å². The van der Waals surface area contributed by atoms with Gasteiger partial charge in [-0.15, -0.1) is 0 Å². The zero-order valence-electron chi connectivity index (χ0n) is 12.8. The molecule has 0 rings (SSSR count). The van der Waals surface area contributed by atoms with E-state index in [1.54, 1.807) is 20.8 Å². The fourth-order valence-corrected chi connectivity index (χ4v) is 1.12. The quantitative estimate of drug-likeness (QED) is 0.740. The van der Waals surface area contributed by atoms with Crippen molar-refractivity contribution in [3.63, 3.8) is 0 Å². The van der Waals surface area contributed by atoms with Crippen molar-refractivity contribution in [2.24, 2.45) is 0 Å². The molecule has 110 valence electrons. The molecule has 0 fully saturated rings. The number of carbonyl (C=O) groups excluding carboxylic acids is 3. The number of nitrogens with one attached hydrogen (secondary N) is 1. The molecule has 0 saturated heterocycles. The number of esters is 1. The Labute approximate surface area is 114 Å². The first-order valence-electron chi connectivity index (χ1n) is 6.51. The van der Waals surface area contributed by atoms with E-state index in [0.717, 1.165) is 4.90 Å². The molecular weight excluding hydrogens is 252 g/mol. The van der Waals surface area contributed by atoms with E-state index in [4.69, 9.17) is 6.11 Å². The third-order valence-corrected chi connectivity index (χ3v) is 1.95. The molecule has 1 N–H and O–H groups in total. The lowest BCUT2D eigenvalue weighted by atomic mass is 10.2. The molecule has 0 aromatic carbocycles. The molecule has 0 aliphatic rings. The molecule has 0 unspecified atom stereocenters. The van der Waals surface area contributed by atoms with E-state index < -0.39 is 30.5 Å². The van der Waals surface area contributed by atoms with Crippen molar-refractivity contribution >= 4 is 18.0 Å². The molecule has 0 spiro atoms. The van der Waals surface area contributed by atoms with Gasteiger partial charge in [0.25, 0.3) is 0 Å². The molecule has 0 heterocycles. The van der Waals surface area contributed by atoms with Gasteiger partial charge >= 0.3 is 12.1 Å². The summed E-state index contributed by atoms with van der Waals surface area (Å²) in [6, 6.07) is 0. The second-order valence-electron chi connectivity index (χ2n) is 4.82. The summed E-state index contributed by atoms with van der Waals surface area (Å²) in [4.78, 5) is 35.1. The molecule has 7 nitrogen and oxygen atoms in total. The molecule has 0 aromatic rings. The molecular formula is C12H22N2O5. The van der Waals surface area contributed by atoms with Gasteiger partial charge in [-0.2, -0.15) is 0 Å². The maximum Gasteiger partial charge on any atom is 0.407 e. The number of rotatable bonds is 5. The Kier molecular flexibility index (Phi) is 6.11. The van der Waals surface area contributed by atoms with Crippen molar-refractivity contribution in [2.75, 3.05) is 26.7 Å². The molecule has 19 heavy (non-hydrogen) atoms. The van der Waals surface area contributed by atoms with Crippen LogP contribution < -0.4 is 5.32 Å². The number of alkyl carbamates (subject to hydrolysis) is 1. The van der Waals surface area contributed by atoms with E-state index in [9.17, 15) is 14.4 Å². The Morgan fingerprint density at radius 3 is 2.42 bits per heavy atom. The minimum Gasteiger partial charge on any atom is -0.468 e. The van der Waals surface area contributed by atoms with Crippen LogP contribution in [0.25, 0.3) is 0 Å². The first-order valence-corrected chi connectivity index (χ1v) is 5.80. The molecule has 2 amide bonds. The van der Waals surface area contributed by atoms with E-state index in [0.29, 0.717) is 0 Å². The summed E-state index contributed by atoms with van der Waals surface area (Å²) in [5.74, 6) is -1.09. The predicted molar refractivity (Wildman–Crippen MR) is 68.5 cm³/mol. The second-order valence-corrected chi connectivity index (χ2v) is 4.82. The topological polar surface area (TPSA) is 84.9 Å². The monoisotopic (exact) mass is 276 g/mol. The molecule has 0 atom stereocenters. The highest BCUT2D eigenvalue weighted by Crippen LogP contribution is 2.06. The van der Waals surface area contributed by atoms with Crippen LogP contribution in [0.3, 0.4) is 0 Å². The van der Waals surface area contributed by atoms with Crippen molar-refractivity contribution in [3.8, 4) is 0 Å². The first kappa shape index (κ1) is 15.3. The number of ether oxygens (including phenoxy) is 2. The lowest BCUT2D eigenvalue weighted by Crippen LogP contribution is -2.41. The highest BCUT2D eigenvalue weighted by molar-refractivity contribution is 5.80. The molecule has 0 aromatic heterocycles. The summed E-state index contributed by atoms with van der Waals surface area (Å²) in [5.41, 5.74) is -0.604. The van der Waals surface area contributed by atoms with Crippen LogP contribution in [0.4, 0.5) is 4.79 Å². The average Bonchev–Trinajstić information content (AvgIpc) is 2.34. The molecule has 0 aliphatic carbocycles. The molecule has 0 aliphatic heterocycles. The van der Waals surface area contributed by atoms with Crippen LogP contribution in [-0.2, 0) is 19.1 Å². The lowest BCUT2D eigenvalue weighted by molar-refractivity contribution is -0.146. The Morgan fingerprint density at radius 2 is 1.95 bits per heavy atom. The van der Waals surface area contributed by atoms with Crippen LogP contribution in [-0.4, -0.2) is 55.2 Å². The molecule has 0 bridgehead atoms. The minimum atomic E-state index is -0.604. The summed E-state index contributed by atoms with van der Waals surface area (Å²) in [6.45, 7) is 4.72. The number of carbonyl (C=O) groups is 3. The van der Waals surface area contributed by atoms with Gasteiger partial charge in [-0.25, -0.2) is 4.79 Å². The van der Waals surface area contributed by atoms with Gasteiger partial charge in [0, 0.05) is 21.4 Å². The second kappa shape index (κ2) is 7.60. The maximum absolute atomic E-state index is 11.5. The molecule has 0 saturated carbocycles. The van der Waals surface area contributed by atoms with Gasteiger partial charge in [-0.1, -0.05) is 0 Å². The zero-order valence-corrected chi connectivity index (χ0v) is 11.8. The van der Waals surface area contributed by atoms with Gasteiger partial charge in [0.05, 0.1) is 7.11 Å². The van der Waals surface area contributed by atoms with E-state index in [-0.39, 0.29) is 19.6 Å². The fraction of sp³-hybridized carbons (Fsp3) is 0.750. The van der Waals surface area contributed by atoms with E-state index >= 15 is 0 Å². The maximum atomic E-state index is 11.5. The van der Waals surface area contributed by atoms with Gasteiger partial charge in [0.1, 0.15) is 12.1 Å². The number of methoxy groups -OCH3 is 1. The number of amides is 2. The minimum absolute atomic E-state index is 0.103. The molecule has 0 radical (unpaired) electrons. The molecule has 7 heteroatoms. The van der Waals surface area contributed by atoms with Gasteiger partial charge in [-0.05, 0) is 20.8 Å². The van der Waals surface area contributed by atoms with Gasteiger partial charge < -0.3 is 19.7 Å². The number of nitrogens with zero attached hydrogens (tertiary/aromatic N) is 1.